The lowest BCUT2D eigenvalue weighted by molar-refractivity contribution is 0.0740. The molecule has 0 aliphatic carbocycles. The Morgan fingerprint density at radius 1 is 1.19 bits per heavy atom. The zero-order valence-corrected chi connectivity index (χ0v) is 14.8. The third kappa shape index (κ3) is 3.85. The molecule has 0 saturated carbocycles. The van der Waals surface area contributed by atoms with Crippen LogP contribution in [0, 0.1) is 5.92 Å². The van der Waals surface area contributed by atoms with Gasteiger partial charge < -0.3 is 10.2 Å². The quantitative estimate of drug-likeness (QED) is 0.706. The lowest BCUT2D eigenvalue weighted by Crippen LogP contribution is -2.37. The fraction of sp³-hybridized carbons (Fsp3) is 0.316. The summed E-state index contributed by atoms with van der Waals surface area (Å²) in [6.45, 7) is 2.76. The van der Waals surface area contributed by atoms with Crippen molar-refractivity contribution in [2.24, 2.45) is 5.92 Å². The van der Waals surface area contributed by atoms with E-state index in [4.69, 9.17) is 0 Å². The SMILES string of the molecule is O=C(c1ccc(=O)[nH]n1)N1CCNCC(Cc2ccnc3cccnc23)C1. The minimum absolute atomic E-state index is 0.169. The molecule has 0 aromatic carbocycles. The Hall–Kier alpha value is -3.13. The number of H-pyrrole nitrogens is 1. The van der Waals surface area contributed by atoms with Gasteiger partial charge in [-0.2, -0.15) is 5.10 Å². The van der Waals surface area contributed by atoms with Gasteiger partial charge in [-0.05, 0) is 42.2 Å². The van der Waals surface area contributed by atoms with Gasteiger partial charge in [-0.25, -0.2) is 5.10 Å². The van der Waals surface area contributed by atoms with E-state index in [0.717, 1.165) is 36.1 Å². The average molecular weight is 364 g/mol. The fourth-order valence-corrected chi connectivity index (χ4v) is 3.45. The summed E-state index contributed by atoms with van der Waals surface area (Å²) in [5.74, 6) is 0.0736. The van der Waals surface area contributed by atoms with Crippen LogP contribution in [-0.4, -0.2) is 57.2 Å². The zero-order chi connectivity index (χ0) is 18.6. The molecular formula is C19H20N6O2. The molecule has 8 nitrogen and oxygen atoms in total. The normalized spacial score (nSPS) is 17.6. The Morgan fingerprint density at radius 2 is 2.11 bits per heavy atom. The predicted molar refractivity (Wildman–Crippen MR) is 100 cm³/mol. The van der Waals surface area contributed by atoms with E-state index in [1.165, 1.54) is 12.1 Å². The van der Waals surface area contributed by atoms with Gasteiger partial charge in [0.1, 0.15) is 5.69 Å². The van der Waals surface area contributed by atoms with Crippen LogP contribution in [0.1, 0.15) is 16.1 Å². The minimum atomic E-state index is -0.320. The minimum Gasteiger partial charge on any atom is -0.336 e. The van der Waals surface area contributed by atoms with Gasteiger partial charge >= 0.3 is 0 Å². The van der Waals surface area contributed by atoms with Gasteiger partial charge in [-0.1, -0.05) is 0 Å². The Kier molecular flexibility index (Phi) is 4.88. The summed E-state index contributed by atoms with van der Waals surface area (Å²) in [5.41, 5.74) is 2.85. The van der Waals surface area contributed by atoms with Gasteiger partial charge in [0.15, 0.2) is 0 Å². The van der Waals surface area contributed by atoms with E-state index >= 15 is 0 Å². The van der Waals surface area contributed by atoms with E-state index in [2.05, 4.69) is 25.5 Å². The van der Waals surface area contributed by atoms with E-state index in [-0.39, 0.29) is 23.1 Å². The van der Waals surface area contributed by atoms with Crippen LogP contribution in [0.3, 0.4) is 0 Å². The van der Waals surface area contributed by atoms with Crippen molar-refractivity contribution < 1.29 is 4.79 Å². The number of carbonyl (C=O) groups is 1. The third-order valence-corrected chi connectivity index (χ3v) is 4.74. The highest BCUT2D eigenvalue weighted by Crippen LogP contribution is 2.19. The first-order chi connectivity index (χ1) is 13.2. The first-order valence-electron chi connectivity index (χ1n) is 8.95. The number of nitrogens with one attached hydrogen (secondary N) is 2. The van der Waals surface area contributed by atoms with Gasteiger partial charge in [-0.3, -0.25) is 19.6 Å². The number of hydrogen-bond acceptors (Lipinski definition) is 6. The van der Waals surface area contributed by atoms with Crippen molar-refractivity contribution in [3.63, 3.8) is 0 Å². The van der Waals surface area contributed by atoms with Crippen LogP contribution in [0.15, 0.2) is 47.5 Å². The summed E-state index contributed by atoms with van der Waals surface area (Å²) in [7, 11) is 0. The largest absolute Gasteiger partial charge is 0.336 e. The predicted octanol–water partition coefficient (Wildman–Crippen LogP) is 0.617. The first kappa shape index (κ1) is 17.3. The smallest absolute Gasteiger partial charge is 0.274 e. The molecule has 1 aliphatic heterocycles. The number of fused-ring (bicyclic) bond motifs is 1. The molecule has 0 spiro atoms. The summed E-state index contributed by atoms with van der Waals surface area (Å²) >= 11 is 0. The Labute approximate surface area is 155 Å². The second-order valence-electron chi connectivity index (χ2n) is 6.67. The van der Waals surface area contributed by atoms with Crippen molar-refractivity contribution in [2.45, 2.75) is 6.42 Å². The number of aromatic amines is 1. The molecular weight excluding hydrogens is 344 g/mol. The van der Waals surface area contributed by atoms with E-state index in [9.17, 15) is 9.59 Å². The summed E-state index contributed by atoms with van der Waals surface area (Å²) in [5, 5.41) is 9.59. The number of aromatic nitrogens is 4. The second kappa shape index (κ2) is 7.63. The van der Waals surface area contributed by atoms with Crippen molar-refractivity contribution in [1.82, 2.24) is 30.4 Å². The van der Waals surface area contributed by atoms with Gasteiger partial charge in [-0.15, -0.1) is 0 Å². The number of pyridine rings is 2. The number of hydrogen-bond donors (Lipinski definition) is 2. The van der Waals surface area contributed by atoms with Crippen molar-refractivity contribution in [3.05, 3.63) is 64.3 Å². The van der Waals surface area contributed by atoms with Crippen LogP contribution < -0.4 is 10.9 Å². The highest BCUT2D eigenvalue weighted by molar-refractivity contribution is 5.92. The molecule has 1 fully saturated rings. The van der Waals surface area contributed by atoms with Crippen LogP contribution in [0.2, 0.25) is 0 Å². The standard InChI is InChI=1S/C19H20N6O2/c26-17-4-3-16(23-24-17)19(27)25-9-8-20-11-13(12-25)10-14-5-7-21-15-2-1-6-22-18(14)15/h1-7,13,20H,8-12H2,(H,24,26). The molecule has 8 heteroatoms. The van der Waals surface area contributed by atoms with Crippen LogP contribution in [0.25, 0.3) is 11.0 Å². The summed E-state index contributed by atoms with van der Waals surface area (Å²) < 4.78 is 0. The molecule has 4 rings (SSSR count). The lowest BCUT2D eigenvalue weighted by atomic mass is 9.98. The van der Waals surface area contributed by atoms with Crippen LogP contribution >= 0.6 is 0 Å². The second-order valence-corrected chi connectivity index (χ2v) is 6.67. The fourth-order valence-electron chi connectivity index (χ4n) is 3.45. The van der Waals surface area contributed by atoms with Crippen molar-refractivity contribution in [3.8, 4) is 0 Å². The Balaban J connectivity index is 1.54. The van der Waals surface area contributed by atoms with Crippen LogP contribution in [-0.2, 0) is 6.42 Å². The number of carbonyl (C=O) groups excluding carboxylic acids is 1. The molecule has 4 heterocycles. The highest BCUT2D eigenvalue weighted by atomic mass is 16.2. The van der Waals surface area contributed by atoms with E-state index in [0.29, 0.717) is 13.1 Å². The van der Waals surface area contributed by atoms with Crippen molar-refractivity contribution >= 4 is 16.9 Å². The number of nitrogens with zero attached hydrogens (tertiary/aromatic N) is 4. The molecule has 138 valence electrons. The maximum atomic E-state index is 12.8. The zero-order valence-electron chi connectivity index (χ0n) is 14.8. The molecule has 27 heavy (non-hydrogen) atoms. The van der Waals surface area contributed by atoms with E-state index in [1.54, 1.807) is 17.3 Å². The average Bonchev–Trinajstić information content (AvgIpc) is 2.94. The summed E-state index contributed by atoms with van der Waals surface area (Å²) in [6.07, 6.45) is 4.37. The topological polar surface area (TPSA) is 104 Å². The molecule has 1 amide bonds. The van der Waals surface area contributed by atoms with Gasteiger partial charge in [0.25, 0.3) is 11.5 Å². The molecule has 1 atom stereocenters. The van der Waals surface area contributed by atoms with Crippen molar-refractivity contribution in [2.75, 3.05) is 26.2 Å². The number of rotatable bonds is 3. The maximum Gasteiger partial charge on any atom is 0.274 e. The van der Waals surface area contributed by atoms with Crippen molar-refractivity contribution in [1.29, 1.82) is 0 Å². The first-order valence-corrected chi connectivity index (χ1v) is 8.95. The molecule has 1 saturated heterocycles. The summed E-state index contributed by atoms with van der Waals surface area (Å²) in [6, 6.07) is 8.62. The summed E-state index contributed by atoms with van der Waals surface area (Å²) in [4.78, 5) is 34.6. The Bertz CT molecular complexity index is 993. The number of amides is 1. The van der Waals surface area contributed by atoms with Crippen LogP contribution in [0.4, 0.5) is 0 Å². The molecule has 2 N–H and O–H groups in total. The molecule has 0 radical (unpaired) electrons. The lowest BCUT2D eigenvalue weighted by Gasteiger charge is -2.24. The van der Waals surface area contributed by atoms with Gasteiger partial charge in [0, 0.05) is 44.6 Å². The van der Waals surface area contributed by atoms with E-state index < -0.39 is 0 Å². The molecule has 1 unspecified atom stereocenters. The third-order valence-electron chi connectivity index (χ3n) is 4.74. The molecule has 3 aromatic heterocycles. The molecule has 1 aliphatic rings. The molecule has 0 bridgehead atoms. The Morgan fingerprint density at radius 3 is 2.96 bits per heavy atom. The van der Waals surface area contributed by atoms with Gasteiger partial charge in [0.05, 0.1) is 11.0 Å². The highest BCUT2D eigenvalue weighted by Gasteiger charge is 2.24. The van der Waals surface area contributed by atoms with Crippen LogP contribution in [0.5, 0.6) is 0 Å². The van der Waals surface area contributed by atoms with E-state index in [1.807, 2.05) is 18.2 Å². The monoisotopic (exact) mass is 364 g/mol. The van der Waals surface area contributed by atoms with Gasteiger partial charge in [0.2, 0.25) is 0 Å². The maximum absolute atomic E-state index is 12.8. The molecule has 3 aromatic rings.